The first-order valence-electron chi connectivity index (χ1n) is 8.61. The lowest BCUT2D eigenvalue weighted by atomic mass is 10.2. The Hall–Kier alpha value is -0.0800. The van der Waals surface area contributed by atoms with Gasteiger partial charge in [-0.05, 0) is 20.3 Å². The number of halogens is 1. The van der Waals surface area contributed by atoms with E-state index in [1.165, 1.54) is 25.7 Å². The fourth-order valence-electron chi connectivity index (χ4n) is 2.46. The van der Waals surface area contributed by atoms with E-state index in [4.69, 9.17) is 9.73 Å². The highest BCUT2D eigenvalue weighted by Gasteiger charge is 2.16. The number of nitrogens with one attached hydrogen (secondary N) is 2. The minimum absolute atomic E-state index is 0. The average Bonchev–Trinajstić information content (AvgIpc) is 2.52. The van der Waals surface area contributed by atoms with Crippen LogP contribution in [-0.2, 0) is 4.74 Å². The molecule has 5 nitrogen and oxygen atoms in total. The Kier molecular flexibility index (Phi) is 14.5. The zero-order valence-electron chi connectivity index (χ0n) is 14.6. The molecule has 2 N–H and O–H groups in total. The van der Waals surface area contributed by atoms with Crippen molar-refractivity contribution in [3.8, 4) is 0 Å². The summed E-state index contributed by atoms with van der Waals surface area (Å²) in [5.74, 6) is 0.953. The maximum Gasteiger partial charge on any atom is 0.191 e. The maximum absolute atomic E-state index is 5.40. The van der Waals surface area contributed by atoms with Gasteiger partial charge in [0, 0.05) is 32.2 Å². The van der Waals surface area contributed by atoms with Crippen LogP contribution >= 0.6 is 24.0 Å². The van der Waals surface area contributed by atoms with Crippen molar-refractivity contribution in [2.75, 3.05) is 45.9 Å². The van der Waals surface area contributed by atoms with E-state index in [1.807, 2.05) is 0 Å². The molecule has 1 atom stereocenters. The molecule has 1 saturated heterocycles. The third kappa shape index (κ3) is 9.84. The molecule has 1 heterocycles. The van der Waals surface area contributed by atoms with Crippen molar-refractivity contribution in [2.45, 2.75) is 52.5 Å². The van der Waals surface area contributed by atoms with Crippen molar-refractivity contribution >= 4 is 29.9 Å². The molecule has 0 aromatic carbocycles. The summed E-state index contributed by atoms with van der Waals surface area (Å²) in [5.41, 5.74) is 0. The highest BCUT2D eigenvalue weighted by Crippen LogP contribution is 2.03. The topological polar surface area (TPSA) is 48.9 Å². The Labute approximate surface area is 153 Å². The first kappa shape index (κ1) is 21.9. The zero-order chi connectivity index (χ0) is 15.3. The molecule has 0 radical (unpaired) electrons. The third-order valence-corrected chi connectivity index (χ3v) is 3.85. The van der Waals surface area contributed by atoms with Gasteiger partial charge in [0.2, 0.25) is 0 Å². The van der Waals surface area contributed by atoms with Gasteiger partial charge in [0.05, 0.1) is 19.8 Å². The number of unbranched alkanes of at least 4 members (excludes halogenated alkanes) is 3. The first-order valence-corrected chi connectivity index (χ1v) is 8.61. The van der Waals surface area contributed by atoms with E-state index in [2.05, 4.69) is 36.3 Å². The Morgan fingerprint density at radius 3 is 2.50 bits per heavy atom. The highest BCUT2D eigenvalue weighted by molar-refractivity contribution is 14.0. The monoisotopic (exact) mass is 426 g/mol. The molecule has 22 heavy (non-hydrogen) atoms. The number of guanidine groups is 1. The van der Waals surface area contributed by atoms with E-state index >= 15 is 0 Å². The lowest BCUT2D eigenvalue weighted by molar-refractivity contribution is 0.0220. The number of nitrogens with zero attached hydrogens (tertiary/aromatic N) is 2. The van der Waals surface area contributed by atoms with Crippen LogP contribution in [-0.4, -0.2) is 62.8 Å². The summed E-state index contributed by atoms with van der Waals surface area (Å²) in [7, 11) is 0. The molecular formula is C16H35IN4O. The fourth-order valence-corrected chi connectivity index (χ4v) is 2.46. The Balaban J connectivity index is 0.00000441. The molecule has 0 spiro atoms. The molecule has 0 saturated carbocycles. The average molecular weight is 426 g/mol. The predicted molar refractivity (Wildman–Crippen MR) is 105 cm³/mol. The number of hydrogen-bond donors (Lipinski definition) is 2. The van der Waals surface area contributed by atoms with Gasteiger partial charge in [-0.3, -0.25) is 9.89 Å². The van der Waals surface area contributed by atoms with Crippen LogP contribution < -0.4 is 10.6 Å². The van der Waals surface area contributed by atoms with Gasteiger partial charge in [0.1, 0.15) is 0 Å². The SMILES string of the molecule is CCCCCCNC(=NCC(C)N1CCOCC1)NCC.I. The van der Waals surface area contributed by atoms with Crippen LogP contribution in [0.3, 0.4) is 0 Å². The molecule has 0 amide bonds. The van der Waals surface area contributed by atoms with Crippen LogP contribution in [0.1, 0.15) is 46.5 Å². The summed E-state index contributed by atoms with van der Waals surface area (Å²) in [6, 6.07) is 0.476. The van der Waals surface area contributed by atoms with Gasteiger partial charge in [-0.25, -0.2) is 0 Å². The molecule has 1 rings (SSSR count). The summed E-state index contributed by atoms with van der Waals surface area (Å²) in [4.78, 5) is 7.17. The summed E-state index contributed by atoms with van der Waals surface area (Å²) in [6.45, 7) is 13.1. The molecule has 1 unspecified atom stereocenters. The molecule has 0 aromatic rings. The number of morpholine rings is 1. The van der Waals surface area contributed by atoms with Crippen LogP contribution in [0.25, 0.3) is 0 Å². The van der Waals surface area contributed by atoms with E-state index in [0.717, 1.165) is 51.9 Å². The maximum atomic E-state index is 5.40. The zero-order valence-corrected chi connectivity index (χ0v) is 16.9. The molecule has 6 heteroatoms. The predicted octanol–water partition coefficient (Wildman–Crippen LogP) is 2.46. The van der Waals surface area contributed by atoms with E-state index in [-0.39, 0.29) is 24.0 Å². The van der Waals surface area contributed by atoms with Crippen LogP contribution in [0.5, 0.6) is 0 Å². The van der Waals surface area contributed by atoms with E-state index in [9.17, 15) is 0 Å². The van der Waals surface area contributed by atoms with E-state index in [1.54, 1.807) is 0 Å². The quantitative estimate of drug-likeness (QED) is 0.258. The molecule has 0 aromatic heterocycles. The first-order chi connectivity index (χ1) is 10.3. The van der Waals surface area contributed by atoms with Crippen molar-refractivity contribution in [1.29, 1.82) is 0 Å². The molecule has 1 fully saturated rings. The smallest absolute Gasteiger partial charge is 0.191 e. The number of hydrogen-bond acceptors (Lipinski definition) is 3. The summed E-state index contributed by atoms with van der Waals surface area (Å²) in [6.07, 6.45) is 5.12. The van der Waals surface area contributed by atoms with Crippen LogP contribution in [0, 0.1) is 0 Å². The van der Waals surface area contributed by atoms with Crippen LogP contribution in [0.4, 0.5) is 0 Å². The second-order valence-electron chi connectivity index (χ2n) is 5.70. The molecule has 1 aliphatic rings. The van der Waals surface area contributed by atoms with Crippen LogP contribution in [0.2, 0.25) is 0 Å². The molecule has 132 valence electrons. The Bertz CT molecular complexity index is 283. The standard InChI is InChI=1S/C16H34N4O.HI/c1-4-6-7-8-9-18-16(17-5-2)19-14-15(3)20-10-12-21-13-11-20;/h15H,4-14H2,1-3H3,(H2,17,18,19);1H. The second-order valence-corrected chi connectivity index (χ2v) is 5.70. The van der Waals surface area contributed by atoms with Gasteiger partial charge in [-0.1, -0.05) is 26.2 Å². The summed E-state index contributed by atoms with van der Waals surface area (Å²) < 4.78 is 5.40. The van der Waals surface area contributed by atoms with Gasteiger partial charge in [-0.15, -0.1) is 24.0 Å². The van der Waals surface area contributed by atoms with Gasteiger partial charge in [0.15, 0.2) is 5.96 Å². The minimum Gasteiger partial charge on any atom is -0.379 e. The normalized spacial score (nSPS) is 17.7. The van der Waals surface area contributed by atoms with Gasteiger partial charge < -0.3 is 15.4 Å². The lowest BCUT2D eigenvalue weighted by Crippen LogP contribution is -2.44. The van der Waals surface area contributed by atoms with Crippen LogP contribution in [0.15, 0.2) is 4.99 Å². The fraction of sp³-hybridized carbons (Fsp3) is 0.938. The molecule has 0 bridgehead atoms. The van der Waals surface area contributed by atoms with Crippen molar-refractivity contribution in [3.63, 3.8) is 0 Å². The highest BCUT2D eigenvalue weighted by atomic mass is 127. The minimum atomic E-state index is 0. The van der Waals surface area contributed by atoms with Crippen molar-refractivity contribution in [1.82, 2.24) is 15.5 Å². The molecule has 0 aliphatic carbocycles. The van der Waals surface area contributed by atoms with Gasteiger partial charge in [-0.2, -0.15) is 0 Å². The van der Waals surface area contributed by atoms with Crippen molar-refractivity contribution in [2.24, 2.45) is 4.99 Å². The third-order valence-electron chi connectivity index (χ3n) is 3.85. The molecule has 1 aliphatic heterocycles. The number of aliphatic imine (C=N–C) groups is 1. The molecular weight excluding hydrogens is 391 g/mol. The largest absolute Gasteiger partial charge is 0.379 e. The summed E-state index contributed by atoms with van der Waals surface area (Å²) in [5, 5.41) is 6.76. The number of ether oxygens (including phenoxy) is 1. The van der Waals surface area contributed by atoms with Crippen molar-refractivity contribution < 1.29 is 4.74 Å². The van der Waals surface area contributed by atoms with Crippen molar-refractivity contribution in [3.05, 3.63) is 0 Å². The Morgan fingerprint density at radius 2 is 1.86 bits per heavy atom. The number of rotatable bonds is 9. The van der Waals surface area contributed by atoms with Gasteiger partial charge in [0.25, 0.3) is 0 Å². The second kappa shape index (κ2) is 14.5. The summed E-state index contributed by atoms with van der Waals surface area (Å²) >= 11 is 0. The van der Waals surface area contributed by atoms with E-state index < -0.39 is 0 Å². The van der Waals surface area contributed by atoms with Gasteiger partial charge >= 0.3 is 0 Å². The van der Waals surface area contributed by atoms with E-state index in [0.29, 0.717) is 6.04 Å². The lowest BCUT2D eigenvalue weighted by Gasteiger charge is -2.31. The Morgan fingerprint density at radius 1 is 1.14 bits per heavy atom.